The molecule has 0 bridgehead atoms. The van der Waals surface area contributed by atoms with Crippen LogP contribution in [0.1, 0.15) is 62.5 Å². The van der Waals surface area contributed by atoms with Gasteiger partial charge in [-0.3, -0.25) is 14.4 Å². The zero-order valence-electron chi connectivity index (χ0n) is 62.1. The van der Waals surface area contributed by atoms with Crippen molar-refractivity contribution < 1.29 is 192 Å². The first-order valence-corrected chi connectivity index (χ1v) is 30.2. The zero-order chi connectivity index (χ0) is 74.0. The van der Waals surface area contributed by atoms with E-state index in [2.05, 4.69) is 56.8 Å². The summed E-state index contributed by atoms with van der Waals surface area (Å²) < 4.78 is 65.6. The number of aromatic hydroxyl groups is 2. The Morgan fingerprint density at radius 3 is 1.13 bits per heavy atom. The number of carbonyl (C=O) groups is 4. The van der Waals surface area contributed by atoms with Crippen molar-refractivity contribution in [2.24, 2.45) is 0 Å². The van der Waals surface area contributed by atoms with Gasteiger partial charge in [-0.1, -0.05) is 86.3 Å². The predicted octanol–water partition coefficient (Wildman–Crippen LogP) is 6.12. The number of nitrogens with zero attached hydrogens (tertiary/aromatic N) is 6. The smallest absolute Gasteiger partial charge is 1.00 e. The number of rotatable bonds is 11. The van der Waals surface area contributed by atoms with Gasteiger partial charge in [-0.25, -0.2) is 34.7 Å². The molecule has 0 saturated heterocycles. The van der Waals surface area contributed by atoms with Crippen LogP contribution in [0.2, 0.25) is 0 Å². The minimum Gasteiger partial charge on any atom is -1.00 e. The van der Waals surface area contributed by atoms with Crippen LogP contribution in [0.3, 0.4) is 0 Å². The number of phenols is 2. The van der Waals surface area contributed by atoms with Crippen LogP contribution in [-0.4, -0.2) is 122 Å². The third-order valence-corrected chi connectivity index (χ3v) is 16.3. The number of aliphatic hydroxyl groups is 2. The Kier molecular flexibility index (Phi) is 24.7. The number of ether oxygens (including phenoxy) is 5. The second kappa shape index (κ2) is 34.7. The normalized spacial score (nSPS) is 11.9. The number of halogens is 1. The molecule has 6 heterocycles. The molecular formula is C73H77ClK2N6O15. The van der Waals surface area contributed by atoms with Gasteiger partial charge >= 0.3 is 115 Å². The summed E-state index contributed by atoms with van der Waals surface area (Å²) in [7, 11) is 4.28. The first kappa shape index (κ1) is 69.2. The number of alkyl halides is 1. The predicted molar refractivity (Wildman–Crippen MR) is 371 cm³/mol. The molecule has 0 amide bonds. The number of methoxy groups -OCH3 is 3. The first-order chi connectivity index (χ1) is 49.8. The number of hydrogen-bond acceptors (Lipinski definition) is 21. The molecule has 0 fully saturated rings. The average molecular weight is 1400 g/mol. The van der Waals surface area contributed by atoms with E-state index >= 15 is 0 Å². The van der Waals surface area contributed by atoms with E-state index in [4.69, 9.17) is 82.8 Å². The second-order valence-corrected chi connectivity index (χ2v) is 22.0. The number of ketones is 1. The molecule has 4 N–H and O–H groups in total. The number of esters is 2. The van der Waals surface area contributed by atoms with Gasteiger partial charge in [-0.15, -0.1) is 11.6 Å². The largest absolute Gasteiger partial charge is 1.00 e. The second-order valence-electron chi connectivity index (χ2n) is 21.8. The molecule has 0 unspecified atom stereocenters. The summed E-state index contributed by atoms with van der Waals surface area (Å²) in [6, 6.07) is 46.6. The van der Waals surface area contributed by atoms with Gasteiger partial charge in [-0.2, -0.15) is 0 Å². The number of aryl methyl sites for hydroxylation is 6. The quantitative estimate of drug-likeness (QED) is 0.0283. The van der Waals surface area contributed by atoms with Gasteiger partial charge in [0.2, 0.25) is 0 Å². The van der Waals surface area contributed by atoms with Crippen LogP contribution in [-0.2, 0) is 78.7 Å². The molecule has 6 aromatic heterocycles. The molecule has 0 atom stereocenters. The molecule has 6 aromatic carbocycles. The van der Waals surface area contributed by atoms with Crippen LogP contribution in [0.25, 0.3) is 99.6 Å². The van der Waals surface area contributed by atoms with Crippen molar-refractivity contribution in [2.75, 3.05) is 47.0 Å². The summed E-state index contributed by atoms with van der Waals surface area (Å²) in [5, 5.41) is 53.2. The zero-order valence-corrected chi connectivity index (χ0v) is 60.1. The number of hydrogen-bond donors (Lipinski definition) is 4. The maximum absolute atomic E-state index is 11.6. The SMILES string of the molecule is C.COC(=O)CCl.COC(=O)COc1cccc2cc3c(nc12)-c1nc2c(OCC(=O)CO)cccc2cc1CC3.COc1cccc2cc3c(nc12)-c1nc2c(CO)cccc2cc1CC3.O=CO[O-].Oc1cccc2cc3c(nc12)-c1nc2c(O)cccc2cc1CC3.[2HH].[2HH].[2H][2H].[2H][2H].[2H][2H].[2H][2H].[H-].[K+].[K+]. The fraction of sp³-hybridized carbons (Fsp3) is 0.205. The van der Waals surface area contributed by atoms with E-state index in [1.807, 2.05) is 78.9 Å². The van der Waals surface area contributed by atoms with Gasteiger partial charge in [0.05, 0.1) is 67.6 Å². The molecule has 97 heavy (non-hydrogen) atoms. The van der Waals surface area contributed by atoms with Crippen molar-refractivity contribution in [3.8, 4) is 62.9 Å². The van der Waals surface area contributed by atoms with Gasteiger partial charge in [0.25, 0.3) is 6.47 Å². The Balaban J connectivity index is 0.000000717. The van der Waals surface area contributed by atoms with Crippen molar-refractivity contribution >= 4 is 101 Å². The molecule has 3 aliphatic carbocycles. The fourth-order valence-corrected chi connectivity index (χ4v) is 11.7. The number of Topliss-reactive ketones (excluding diaryl/α,β-unsaturated/α-hetero) is 1. The van der Waals surface area contributed by atoms with E-state index in [0.717, 1.165) is 150 Å². The van der Waals surface area contributed by atoms with E-state index in [1.54, 1.807) is 31.4 Å². The number of aromatic nitrogens is 6. The van der Waals surface area contributed by atoms with Gasteiger partial charge in [0.15, 0.2) is 12.4 Å². The number of carbonyl (C=O) groups excluding carboxylic acids is 4. The van der Waals surface area contributed by atoms with Crippen LogP contribution in [0, 0.1) is 0 Å². The first-order valence-electron chi connectivity index (χ1n) is 33.7. The fourth-order valence-electron chi connectivity index (χ4n) is 11.6. The molecule has 12 aromatic rings. The summed E-state index contributed by atoms with van der Waals surface area (Å²) >= 11 is 4.98. The van der Waals surface area contributed by atoms with Gasteiger partial charge in [-0.05, 0) is 139 Å². The average Bonchev–Trinajstić information content (AvgIpc) is 0.767. The van der Waals surface area contributed by atoms with E-state index in [9.17, 15) is 29.7 Å². The van der Waals surface area contributed by atoms with Crippen LogP contribution in [0.15, 0.2) is 146 Å². The van der Waals surface area contributed by atoms with Crippen molar-refractivity contribution in [1.29, 1.82) is 0 Å². The van der Waals surface area contributed by atoms with Gasteiger partial charge in [0, 0.05) is 52.6 Å². The molecule has 21 nitrogen and oxygen atoms in total. The Labute approximate surface area is 663 Å². The summed E-state index contributed by atoms with van der Waals surface area (Å²) in [5.41, 5.74) is 16.8. The van der Waals surface area contributed by atoms with Crippen molar-refractivity contribution in [3.05, 3.63) is 185 Å². The number of phenolic OH excluding ortho intramolecular Hbond substituents is 2. The molecule has 15 rings (SSSR count). The number of fused-ring (bicyclic) bond motifs is 15. The molecule has 0 saturated carbocycles. The minimum absolute atomic E-state index is 0. The van der Waals surface area contributed by atoms with E-state index in [-0.39, 0.29) is 158 Å². The topological polar surface area (TPSA) is 305 Å². The van der Waals surface area contributed by atoms with Crippen LogP contribution in [0.4, 0.5) is 0 Å². The third-order valence-electron chi connectivity index (χ3n) is 16.0. The van der Waals surface area contributed by atoms with Crippen molar-refractivity contribution in [3.63, 3.8) is 0 Å². The standard InChI is InChI=1S/C26H22N2O6.C22H18N2O2.C20H14N2O2.C3H5ClO2.CH2O3.CH4.2K.6H2.H/c1-32-22(31)14-34-21-7-3-5-16-11-18-9-8-17-10-15-4-2-6-20(33-13-19(30)12-29)23(15)27-25(17)26(18)28-24(16)21;1-26-18-7-3-5-14-11-16-9-8-15-10-13-4-2-6-17(12-25)19(13)23-21(15)22(16)24-20(14)18;23-15-5-1-3-11-9-13-7-8-14-10-12-4-2-6-16(24)18(12)22-20(14)19(13)21-17(11)15;1-6-3(5)2-4;2-1-4-3;;;;;;;;;;/h2-7,10-11,29H,8-9,12-14H2,1H3;2-7,10-11,25H,8-9,12H2,1H3;1-6,9-10,23-24H,7-8H2;2H2,1H3;1,3H;1H4;;;6*1H;/q;;;;;;2*+1;;;;;;;-1/p-1/i;;;;;;;;4*1+1D;2*1+1;. The molecular weight excluding hydrogens is 1310 g/mol. The van der Waals surface area contributed by atoms with Gasteiger partial charge in [0.1, 0.15) is 75.4 Å². The summed E-state index contributed by atoms with van der Waals surface area (Å²) in [4.78, 5) is 73.3. The Hall–Kier alpha value is -7.70. The molecule has 0 radical (unpaired) electrons. The number of aliphatic hydroxyl groups excluding tert-OH is 2. The van der Waals surface area contributed by atoms with E-state index in [1.165, 1.54) is 25.3 Å². The monoisotopic (exact) mass is 1400 g/mol. The maximum Gasteiger partial charge on any atom is 1.00 e. The molecule has 24 heteroatoms. The van der Waals surface area contributed by atoms with Gasteiger partial charge < -0.3 is 55.7 Å². The molecule has 498 valence electrons. The third kappa shape index (κ3) is 16.7. The summed E-state index contributed by atoms with van der Waals surface area (Å²) in [6.45, 7) is -1.21. The van der Waals surface area contributed by atoms with Crippen molar-refractivity contribution in [1.82, 2.24) is 29.9 Å². The minimum atomic E-state index is -0.571. The van der Waals surface area contributed by atoms with E-state index < -0.39 is 24.3 Å². The Bertz CT molecular complexity index is 4680. The molecule has 0 spiro atoms. The van der Waals surface area contributed by atoms with Crippen LogP contribution < -0.4 is 122 Å². The summed E-state index contributed by atoms with van der Waals surface area (Å²) in [5.74, 6) is 0.746. The molecule has 3 aliphatic rings. The Morgan fingerprint density at radius 2 is 0.804 bits per heavy atom. The number of para-hydroxylation sites is 6. The van der Waals surface area contributed by atoms with Crippen molar-refractivity contribution in [2.45, 2.75) is 52.6 Å². The van der Waals surface area contributed by atoms with Crippen LogP contribution in [0.5, 0.6) is 28.7 Å². The Morgan fingerprint density at radius 1 is 0.495 bits per heavy atom. The van der Waals surface area contributed by atoms with E-state index in [0.29, 0.717) is 33.6 Å². The molecule has 0 aliphatic heterocycles. The van der Waals surface area contributed by atoms with Crippen LogP contribution >= 0.6 is 11.6 Å². The number of pyridine rings is 6. The summed E-state index contributed by atoms with van der Waals surface area (Å²) in [6.07, 6.45) is 5.35. The maximum atomic E-state index is 11.6. The number of benzene rings is 6.